The summed E-state index contributed by atoms with van der Waals surface area (Å²) in [7, 11) is 0. The van der Waals surface area contributed by atoms with E-state index >= 15 is 0 Å². The predicted octanol–water partition coefficient (Wildman–Crippen LogP) is 7.27. The molecule has 3 aromatic carbocycles. The van der Waals surface area contributed by atoms with Crippen LogP contribution >= 0.6 is 17.6 Å². The number of carbonyl (C=O) groups is 1. The number of aromatic nitrogens is 1. The van der Waals surface area contributed by atoms with Gasteiger partial charge in [0.05, 0.1) is 0 Å². The zero-order valence-electron chi connectivity index (χ0n) is 22.2. The Morgan fingerprint density at radius 1 is 0.897 bits per heavy atom. The second-order valence-electron chi connectivity index (χ2n) is 8.69. The van der Waals surface area contributed by atoms with Crippen LogP contribution in [0.5, 0.6) is 0 Å². The van der Waals surface area contributed by atoms with E-state index in [4.69, 9.17) is 26.2 Å². The van der Waals surface area contributed by atoms with Crippen molar-refractivity contribution in [2.45, 2.75) is 26.3 Å². The molecule has 39 heavy (non-hydrogen) atoms. The zero-order chi connectivity index (χ0) is 27.7. The third-order valence-electron chi connectivity index (χ3n) is 6.35. The van der Waals surface area contributed by atoms with Crippen molar-refractivity contribution in [1.29, 1.82) is 0 Å². The molecule has 0 atom stereocenters. The number of anilines is 1. The molecule has 4 aromatic rings. The van der Waals surface area contributed by atoms with E-state index in [0.717, 1.165) is 16.7 Å². The van der Waals surface area contributed by atoms with E-state index in [1.807, 2.05) is 68.4 Å². The first-order valence-electron chi connectivity index (χ1n) is 12.9. The molecule has 0 saturated heterocycles. The van der Waals surface area contributed by atoms with Gasteiger partial charge in [0.15, 0.2) is 5.13 Å². The number of thiazole rings is 1. The van der Waals surface area contributed by atoms with Crippen LogP contribution in [0.25, 0.3) is 0 Å². The largest absolute Gasteiger partial charge is 0.432 e. The Bertz CT molecular complexity index is 1340. The predicted molar refractivity (Wildman–Crippen MR) is 165 cm³/mol. The van der Waals surface area contributed by atoms with Crippen molar-refractivity contribution in [1.82, 2.24) is 4.98 Å². The fraction of sp³-hybridized carbons (Fsp3) is 0.233. The summed E-state index contributed by atoms with van der Waals surface area (Å²) < 4.78 is 5.79. The second kappa shape index (κ2) is 13.2. The molecule has 9 heteroatoms. The molecule has 0 amide bonds. The van der Waals surface area contributed by atoms with Crippen molar-refractivity contribution in [3.8, 4) is 0 Å². The lowest BCUT2D eigenvalue weighted by molar-refractivity contribution is -0.126. The van der Waals surface area contributed by atoms with Gasteiger partial charge in [-0.1, -0.05) is 122 Å². The minimum Gasteiger partial charge on any atom is -0.432 e. The van der Waals surface area contributed by atoms with E-state index in [1.165, 1.54) is 11.3 Å². The molecule has 1 N–H and O–H groups in total. The van der Waals surface area contributed by atoms with Crippen molar-refractivity contribution in [3.63, 3.8) is 0 Å². The summed E-state index contributed by atoms with van der Waals surface area (Å²) in [5, 5.41) is 10.2. The van der Waals surface area contributed by atoms with E-state index in [9.17, 15) is 4.79 Å². The minimum atomic E-state index is -2.28. The first-order chi connectivity index (χ1) is 19.0. The van der Waals surface area contributed by atoms with E-state index in [0.29, 0.717) is 29.8 Å². The molecule has 0 aliphatic carbocycles. The molecule has 202 valence electrons. The van der Waals surface area contributed by atoms with Crippen molar-refractivity contribution in [3.05, 3.63) is 119 Å². The van der Waals surface area contributed by atoms with Gasteiger partial charge in [-0.25, -0.2) is 9.78 Å². The van der Waals surface area contributed by atoms with Gasteiger partial charge >= 0.3 is 5.97 Å². The maximum Gasteiger partial charge on any atom is 0.366 e. The number of nitrogens with zero attached hydrogens (tertiary/aromatic N) is 2. The van der Waals surface area contributed by atoms with Crippen LogP contribution in [0, 0.1) is 0 Å². The highest BCUT2D eigenvalue weighted by molar-refractivity contribution is 8.12. The molecule has 0 radical (unpaired) electrons. The first-order valence-corrected chi connectivity index (χ1v) is 16.9. The van der Waals surface area contributed by atoms with E-state index in [-0.39, 0.29) is 5.71 Å². The average Bonchev–Trinajstić information content (AvgIpc) is 3.45. The fourth-order valence-electron chi connectivity index (χ4n) is 4.25. The lowest BCUT2D eigenvalue weighted by Crippen LogP contribution is -2.38. The molecule has 0 saturated carbocycles. The molecule has 0 aliphatic heterocycles. The van der Waals surface area contributed by atoms with Gasteiger partial charge < -0.3 is 14.7 Å². The Balaban J connectivity index is 1.80. The van der Waals surface area contributed by atoms with Crippen LogP contribution in [0.4, 0.5) is 5.13 Å². The number of hydrogen-bond acceptors (Lipinski definition) is 8. The summed E-state index contributed by atoms with van der Waals surface area (Å²) in [5.74, 6) is -0.604. The summed E-state index contributed by atoms with van der Waals surface area (Å²) in [6, 6.07) is 30.8. The van der Waals surface area contributed by atoms with Gasteiger partial charge in [-0.3, -0.25) is 0 Å². The molecule has 1 heterocycles. The van der Waals surface area contributed by atoms with Gasteiger partial charge in [-0.05, 0) is 23.6 Å². The second-order valence-corrected chi connectivity index (χ2v) is 14.6. The van der Waals surface area contributed by atoms with Gasteiger partial charge in [-0.2, -0.15) is 0 Å². The molecular formula is C30H32N3O3PS2. The highest BCUT2D eigenvalue weighted by atomic mass is 32.4. The Kier molecular flexibility index (Phi) is 9.68. The summed E-state index contributed by atoms with van der Waals surface area (Å²) >= 11 is 7.03. The third kappa shape index (κ3) is 6.47. The maximum atomic E-state index is 13.2. The van der Waals surface area contributed by atoms with Crippen LogP contribution in [0.2, 0.25) is 0 Å². The minimum absolute atomic E-state index is 0.0157. The lowest BCUT2D eigenvalue weighted by Gasteiger charge is -2.36. The molecule has 0 aliphatic rings. The van der Waals surface area contributed by atoms with Crippen molar-refractivity contribution < 1.29 is 14.2 Å². The van der Waals surface area contributed by atoms with Crippen molar-refractivity contribution in [2.24, 2.45) is 5.16 Å². The van der Waals surface area contributed by atoms with Gasteiger partial charge in [0.1, 0.15) is 24.1 Å². The molecule has 0 spiro atoms. The fourth-order valence-corrected chi connectivity index (χ4v) is 6.29. The number of oxime groups is 1. The third-order valence-corrected chi connectivity index (χ3v) is 11.3. The number of benzene rings is 3. The SMILES string of the molecule is CCON=C(C(=O)OP(=S)(CC)CC)c1csc(NC(c2ccccc2)(c2ccccc2)c2ccccc2)n1. The molecule has 1 aromatic heterocycles. The van der Waals surface area contributed by atoms with Gasteiger partial charge in [-0.15, -0.1) is 11.3 Å². The number of nitrogens with one attached hydrogen (secondary N) is 1. The Labute approximate surface area is 239 Å². The molecule has 4 rings (SSSR count). The monoisotopic (exact) mass is 577 g/mol. The number of carbonyl (C=O) groups excluding carboxylic acids is 1. The highest BCUT2D eigenvalue weighted by Gasteiger charge is 2.37. The van der Waals surface area contributed by atoms with Crippen LogP contribution in [0.3, 0.4) is 0 Å². The summed E-state index contributed by atoms with van der Waals surface area (Å²) in [4.78, 5) is 23.3. The van der Waals surface area contributed by atoms with E-state index < -0.39 is 17.8 Å². The summed E-state index contributed by atoms with van der Waals surface area (Å²) in [6.07, 6.45) is -1.05. The molecule has 0 fully saturated rings. The van der Waals surface area contributed by atoms with Crippen LogP contribution in [-0.4, -0.2) is 35.6 Å². The van der Waals surface area contributed by atoms with Crippen LogP contribution in [0.1, 0.15) is 43.2 Å². The van der Waals surface area contributed by atoms with Crippen LogP contribution in [-0.2, 0) is 31.5 Å². The van der Waals surface area contributed by atoms with Gasteiger partial charge in [0, 0.05) is 17.7 Å². The van der Waals surface area contributed by atoms with Crippen LogP contribution < -0.4 is 5.32 Å². The first kappa shape index (κ1) is 28.7. The highest BCUT2D eigenvalue weighted by Crippen LogP contribution is 2.47. The Hall–Kier alpha value is -3.32. The molecule has 0 unspecified atom stereocenters. The van der Waals surface area contributed by atoms with E-state index in [1.54, 1.807) is 12.3 Å². The normalized spacial score (nSPS) is 12.1. The summed E-state index contributed by atoms with van der Waals surface area (Å²) in [6.45, 7) is 5.99. The smallest absolute Gasteiger partial charge is 0.366 e. The van der Waals surface area contributed by atoms with Gasteiger partial charge in [0.25, 0.3) is 0 Å². The van der Waals surface area contributed by atoms with Crippen molar-refractivity contribution >= 4 is 46.2 Å². The Morgan fingerprint density at radius 2 is 1.38 bits per heavy atom. The number of hydrogen-bond donors (Lipinski definition) is 1. The van der Waals surface area contributed by atoms with Gasteiger partial charge in [0.2, 0.25) is 5.71 Å². The quantitative estimate of drug-likeness (QED) is 0.0827. The topological polar surface area (TPSA) is 72.8 Å². The molecule has 0 bridgehead atoms. The molecule has 6 nitrogen and oxygen atoms in total. The summed E-state index contributed by atoms with van der Waals surface area (Å²) in [5.41, 5.74) is 2.79. The maximum absolute atomic E-state index is 13.2. The number of rotatable bonds is 12. The lowest BCUT2D eigenvalue weighted by atomic mass is 9.77. The van der Waals surface area contributed by atoms with E-state index in [2.05, 4.69) is 46.9 Å². The van der Waals surface area contributed by atoms with Crippen LogP contribution in [0.15, 0.2) is 102 Å². The standard InChI is InChI=1S/C30H32N3O3PS2/c1-4-35-33-27(28(34)36-37(38,5-2)6-3)26-22-39-29(31-26)32-30(23-16-10-7-11-17-23,24-18-12-8-13-19-24)25-20-14-9-15-21-25/h7-22H,4-6H2,1-3H3,(H,31,32). The average molecular weight is 578 g/mol. The molecular weight excluding hydrogens is 545 g/mol. The van der Waals surface area contributed by atoms with Crippen molar-refractivity contribution in [2.75, 3.05) is 24.2 Å². The Morgan fingerprint density at radius 3 is 1.82 bits per heavy atom. The zero-order valence-corrected chi connectivity index (χ0v) is 24.8.